The van der Waals surface area contributed by atoms with Crippen LogP contribution in [0.4, 0.5) is 0 Å². The second kappa shape index (κ2) is 4.88. The monoisotopic (exact) mass is 209 g/mol. The first-order valence-electron chi connectivity index (χ1n) is 5.19. The van der Waals surface area contributed by atoms with Crippen molar-refractivity contribution in [3.63, 3.8) is 0 Å². The summed E-state index contributed by atoms with van der Waals surface area (Å²) in [6, 6.07) is 0. The van der Waals surface area contributed by atoms with E-state index in [2.05, 4.69) is 15.6 Å². The SMILES string of the molecule is O=C(Cn1ccnn1)N1CCCNCC1. The van der Waals surface area contributed by atoms with Gasteiger partial charge in [0.15, 0.2) is 0 Å². The quantitative estimate of drug-likeness (QED) is 0.685. The van der Waals surface area contributed by atoms with Gasteiger partial charge in [-0.15, -0.1) is 5.10 Å². The number of hydrogen-bond donors (Lipinski definition) is 1. The third kappa shape index (κ3) is 2.76. The predicted octanol–water partition coefficient (Wildman–Crippen LogP) is -0.900. The van der Waals surface area contributed by atoms with Gasteiger partial charge in [0.25, 0.3) is 0 Å². The Morgan fingerprint density at radius 3 is 3.13 bits per heavy atom. The smallest absolute Gasteiger partial charge is 0.244 e. The zero-order chi connectivity index (χ0) is 10.5. The van der Waals surface area contributed by atoms with Crippen molar-refractivity contribution in [1.29, 1.82) is 0 Å². The van der Waals surface area contributed by atoms with Gasteiger partial charge in [-0.1, -0.05) is 5.21 Å². The van der Waals surface area contributed by atoms with Crippen LogP contribution in [0, 0.1) is 0 Å². The van der Waals surface area contributed by atoms with E-state index < -0.39 is 0 Å². The molecule has 1 N–H and O–H groups in total. The van der Waals surface area contributed by atoms with Crippen molar-refractivity contribution in [3.8, 4) is 0 Å². The van der Waals surface area contributed by atoms with Gasteiger partial charge < -0.3 is 10.2 Å². The second-order valence-corrected chi connectivity index (χ2v) is 3.58. The standard InChI is InChI=1S/C9H15N5O/c15-9(8-14-7-4-11-12-14)13-5-1-2-10-3-6-13/h4,7,10H,1-3,5-6,8H2. The van der Waals surface area contributed by atoms with Crippen LogP contribution in [0.15, 0.2) is 12.4 Å². The molecule has 0 saturated carbocycles. The van der Waals surface area contributed by atoms with Crippen LogP contribution < -0.4 is 5.32 Å². The zero-order valence-corrected chi connectivity index (χ0v) is 8.59. The Labute approximate surface area is 88.2 Å². The van der Waals surface area contributed by atoms with Crippen molar-refractivity contribution in [3.05, 3.63) is 12.4 Å². The minimum Gasteiger partial charge on any atom is -0.340 e. The summed E-state index contributed by atoms with van der Waals surface area (Å²) in [7, 11) is 0. The van der Waals surface area contributed by atoms with Gasteiger partial charge in [-0.25, -0.2) is 4.68 Å². The maximum absolute atomic E-state index is 11.8. The van der Waals surface area contributed by atoms with E-state index in [1.807, 2.05) is 4.90 Å². The molecule has 0 unspecified atom stereocenters. The molecule has 1 fully saturated rings. The van der Waals surface area contributed by atoms with Crippen molar-refractivity contribution >= 4 is 5.91 Å². The number of carbonyl (C=O) groups excluding carboxylic acids is 1. The number of aromatic nitrogens is 3. The average Bonchev–Trinajstić information content (AvgIpc) is 2.58. The van der Waals surface area contributed by atoms with E-state index in [9.17, 15) is 4.79 Å². The molecular formula is C9H15N5O. The third-order valence-electron chi connectivity index (χ3n) is 2.46. The summed E-state index contributed by atoms with van der Waals surface area (Å²) in [4.78, 5) is 13.7. The largest absolute Gasteiger partial charge is 0.340 e. The fourth-order valence-electron chi connectivity index (χ4n) is 1.65. The first-order chi connectivity index (χ1) is 7.36. The Balaban J connectivity index is 1.89. The maximum atomic E-state index is 11.8. The third-order valence-corrected chi connectivity index (χ3v) is 2.46. The lowest BCUT2D eigenvalue weighted by molar-refractivity contribution is -0.131. The lowest BCUT2D eigenvalue weighted by atomic mass is 10.4. The van der Waals surface area contributed by atoms with E-state index in [0.29, 0.717) is 6.54 Å². The van der Waals surface area contributed by atoms with Crippen LogP contribution in [0.3, 0.4) is 0 Å². The molecule has 2 heterocycles. The number of nitrogens with one attached hydrogen (secondary N) is 1. The molecule has 6 heteroatoms. The van der Waals surface area contributed by atoms with Crippen LogP contribution in [-0.4, -0.2) is 52.0 Å². The van der Waals surface area contributed by atoms with Gasteiger partial charge in [-0.3, -0.25) is 4.79 Å². The van der Waals surface area contributed by atoms with E-state index in [1.54, 1.807) is 17.1 Å². The fourth-order valence-corrected chi connectivity index (χ4v) is 1.65. The molecule has 1 saturated heterocycles. The van der Waals surface area contributed by atoms with Gasteiger partial charge in [0, 0.05) is 25.8 Å². The second-order valence-electron chi connectivity index (χ2n) is 3.58. The minimum atomic E-state index is 0.115. The van der Waals surface area contributed by atoms with E-state index >= 15 is 0 Å². The van der Waals surface area contributed by atoms with Crippen LogP contribution in [0.1, 0.15) is 6.42 Å². The van der Waals surface area contributed by atoms with Crippen molar-refractivity contribution in [1.82, 2.24) is 25.2 Å². The predicted molar refractivity (Wildman–Crippen MR) is 54.1 cm³/mol. The van der Waals surface area contributed by atoms with Crippen LogP contribution in [0.25, 0.3) is 0 Å². The molecule has 0 atom stereocenters. The van der Waals surface area contributed by atoms with Crippen LogP contribution >= 0.6 is 0 Å². The van der Waals surface area contributed by atoms with Crippen molar-refractivity contribution in [2.24, 2.45) is 0 Å². The molecule has 1 aliphatic heterocycles. The summed E-state index contributed by atoms with van der Waals surface area (Å²) in [6.45, 7) is 3.78. The Morgan fingerprint density at radius 1 is 1.40 bits per heavy atom. The molecule has 0 spiro atoms. The van der Waals surface area contributed by atoms with E-state index in [0.717, 1.165) is 32.6 Å². The highest BCUT2D eigenvalue weighted by atomic mass is 16.2. The Kier molecular flexibility index (Phi) is 3.29. The number of rotatable bonds is 2. The van der Waals surface area contributed by atoms with Gasteiger partial charge in [0.1, 0.15) is 6.54 Å². The molecule has 82 valence electrons. The number of carbonyl (C=O) groups is 1. The summed E-state index contributed by atoms with van der Waals surface area (Å²) in [5.41, 5.74) is 0. The average molecular weight is 209 g/mol. The fraction of sp³-hybridized carbons (Fsp3) is 0.667. The van der Waals surface area contributed by atoms with Gasteiger partial charge >= 0.3 is 0 Å². The lowest BCUT2D eigenvalue weighted by Crippen LogP contribution is -2.36. The zero-order valence-electron chi connectivity index (χ0n) is 8.59. The molecule has 1 aromatic heterocycles. The van der Waals surface area contributed by atoms with Gasteiger partial charge in [0.2, 0.25) is 5.91 Å². The summed E-state index contributed by atoms with van der Waals surface area (Å²) in [6.07, 6.45) is 4.30. The van der Waals surface area contributed by atoms with Gasteiger partial charge in [-0.05, 0) is 13.0 Å². The van der Waals surface area contributed by atoms with Crippen LogP contribution in [0.5, 0.6) is 0 Å². The molecule has 1 aromatic rings. The van der Waals surface area contributed by atoms with Crippen LogP contribution in [0.2, 0.25) is 0 Å². The normalized spacial score (nSPS) is 17.5. The van der Waals surface area contributed by atoms with Crippen molar-refractivity contribution in [2.45, 2.75) is 13.0 Å². The van der Waals surface area contributed by atoms with Gasteiger partial charge in [-0.2, -0.15) is 0 Å². The Hall–Kier alpha value is -1.43. The minimum absolute atomic E-state index is 0.115. The lowest BCUT2D eigenvalue weighted by Gasteiger charge is -2.19. The van der Waals surface area contributed by atoms with Crippen molar-refractivity contribution in [2.75, 3.05) is 26.2 Å². The molecule has 0 radical (unpaired) electrons. The number of amides is 1. The number of hydrogen-bond acceptors (Lipinski definition) is 4. The highest BCUT2D eigenvalue weighted by molar-refractivity contribution is 5.75. The summed E-state index contributed by atoms with van der Waals surface area (Å²) in [5, 5.41) is 10.7. The van der Waals surface area contributed by atoms with E-state index in [-0.39, 0.29) is 5.91 Å². The molecule has 6 nitrogen and oxygen atoms in total. The van der Waals surface area contributed by atoms with Gasteiger partial charge in [0.05, 0.1) is 6.20 Å². The molecule has 15 heavy (non-hydrogen) atoms. The van der Waals surface area contributed by atoms with Crippen LogP contribution in [-0.2, 0) is 11.3 Å². The van der Waals surface area contributed by atoms with E-state index in [1.165, 1.54) is 0 Å². The Bertz CT molecular complexity index is 302. The number of nitrogens with zero attached hydrogens (tertiary/aromatic N) is 4. The highest BCUT2D eigenvalue weighted by Crippen LogP contribution is 1.97. The maximum Gasteiger partial charge on any atom is 0.244 e. The summed E-state index contributed by atoms with van der Waals surface area (Å²) >= 11 is 0. The molecule has 0 bridgehead atoms. The molecule has 2 rings (SSSR count). The topological polar surface area (TPSA) is 63.1 Å². The molecule has 1 amide bonds. The van der Waals surface area contributed by atoms with Crippen molar-refractivity contribution < 1.29 is 4.79 Å². The molecule has 0 aliphatic carbocycles. The Morgan fingerprint density at radius 2 is 2.33 bits per heavy atom. The molecule has 1 aliphatic rings. The highest BCUT2D eigenvalue weighted by Gasteiger charge is 2.15. The molecular weight excluding hydrogens is 194 g/mol. The summed E-state index contributed by atoms with van der Waals surface area (Å²) in [5.74, 6) is 0.115. The first kappa shape index (κ1) is 10.1. The first-order valence-corrected chi connectivity index (χ1v) is 5.19. The summed E-state index contributed by atoms with van der Waals surface area (Å²) < 4.78 is 1.56. The van der Waals surface area contributed by atoms with E-state index in [4.69, 9.17) is 0 Å². The molecule has 0 aromatic carbocycles.